The van der Waals surface area contributed by atoms with Gasteiger partial charge in [0, 0.05) is 50.7 Å². The van der Waals surface area contributed by atoms with Gasteiger partial charge in [0.2, 0.25) is 5.91 Å². The van der Waals surface area contributed by atoms with Gasteiger partial charge in [-0.1, -0.05) is 37.5 Å². The molecule has 1 aromatic heterocycles. The molecule has 4 rings (SSSR count). The van der Waals surface area contributed by atoms with Crippen molar-refractivity contribution >= 4 is 16.8 Å². The van der Waals surface area contributed by atoms with Crippen LogP contribution in [0.5, 0.6) is 0 Å². The second kappa shape index (κ2) is 7.30. The molecule has 0 bridgehead atoms. The van der Waals surface area contributed by atoms with Gasteiger partial charge in [-0.2, -0.15) is 0 Å². The zero-order valence-corrected chi connectivity index (χ0v) is 15.2. The lowest BCUT2D eigenvalue weighted by atomic mass is 9.80. The first-order chi connectivity index (χ1) is 12.3. The van der Waals surface area contributed by atoms with Crippen molar-refractivity contribution in [3.63, 3.8) is 0 Å². The van der Waals surface area contributed by atoms with Crippen molar-refractivity contribution in [3.8, 4) is 0 Å². The molecule has 0 radical (unpaired) electrons. The SMILES string of the molecule is CC(=O)n1cc([C@H](C2CCCCC2)N2CCNCC2)c2ccccc21. The van der Waals surface area contributed by atoms with Gasteiger partial charge < -0.3 is 5.32 Å². The summed E-state index contributed by atoms with van der Waals surface area (Å²) in [5.41, 5.74) is 2.42. The number of rotatable bonds is 3. The van der Waals surface area contributed by atoms with Crippen LogP contribution in [-0.2, 0) is 0 Å². The Morgan fingerprint density at radius 3 is 2.56 bits per heavy atom. The summed E-state index contributed by atoms with van der Waals surface area (Å²) in [6, 6.07) is 8.85. The first-order valence-corrected chi connectivity index (χ1v) is 9.81. The molecule has 1 N–H and O–H groups in total. The molecule has 2 heterocycles. The van der Waals surface area contributed by atoms with E-state index in [-0.39, 0.29) is 5.91 Å². The van der Waals surface area contributed by atoms with Crippen LogP contribution >= 0.6 is 0 Å². The highest BCUT2D eigenvalue weighted by molar-refractivity contribution is 5.93. The third-order valence-electron chi connectivity index (χ3n) is 6.04. The van der Waals surface area contributed by atoms with Crippen molar-refractivity contribution in [2.75, 3.05) is 26.2 Å². The molecule has 0 spiro atoms. The standard InChI is InChI=1S/C21H29N3O/c1-16(25)24-15-19(18-9-5-6-10-20(18)24)21(17-7-3-2-4-8-17)23-13-11-22-12-14-23/h5-6,9-10,15,17,21-22H,2-4,7-8,11-14H2,1H3/t21-/m0/s1. The monoisotopic (exact) mass is 339 g/mol. The average molecular weight is 339 g/mol. The Kier molecular flexibility index (Phi) is 4.91. The first-order valence-electron chi connectivity index (χ1n) is 9.81. The number of nitrogens with zero attached hydrogens (tertiary/aromatic N) is 2. The topological polar surface area (TPSA) is 37.3 Å². The minimum atomic E-state index is 0.102. The summed E-state index contributed by atoms with van der Waals surface area (Å²) in [6.07, 6.45) is 8.83. The smallest absolute Gasteiger partial charge is 0.227 e. The molecule has 1 aliphatic heterocycles. The van der Waals surface area contributed by atoms with Crippen molar-refractivity contribution in [3.05, 3.63) is 36.0 Å². The van der Waals surface area contributed by atoms with Crippen LogP contribution in [0.3, 0.4) is 0 Å². The van der Waals surface area contributed by atoms with E-state index in [1.54, 1.807) is 6.92 Å². The maximum absolute atomic E-state index is 12.2. The molecule has 1 aromatic carbocycles. The van der Waals surface area contributed by atoms with Crippen molar-refractivity contribution in [2.24, 2.45) is 5.92 Å². The van der Waals surface area contributed by atoms with E-state index in [1.165, 1.54) is 43.1 Å². The van der Waals surface area contributed by atoms with Crippen LogP contribution in [0.15, 0.2) is 30.5 Å². The second-order valence-electron chi connectivity index (χ2n) is 7.62. The molecule has 1 aliphatic carbocycles. The normalized spacial score (nSPS) is 21.5. The summed E-state index contributed by atoms with van der Waals surface area (Å²) < 4.78 is 1.85. The Morgan fingerprint density at radius 2 is 1.84 bits per heavy atom. The summed E-state index contributed by atoms with van der Waals surface area (Å²) in [5.74, 6) is 0.809. The predicted octanol–water partition coefficient (Wildman–Crippen LogP) is 3.83. The van der Waals surface area contributed by atoms with Gasteiger partial charge in [0.15, 0.2) is 0 Å². The lowest BCUT2D eigenvalue weighted by molar-refractivity contribution is 0.0936. The fraction of sp³-hybridized carbons (Fsp3) is 0.571. The number of aromatic nitrogens is 1. The average Bonchev–Trinajstić information content (AvgIpc) is 3.04. The Morgan fingerprint density at radius 1 is 1.12 bits per heavy atom. The third kappa shape index (κ3) is 3.25. The molecule has 1 atom stereocenters. The number of carbonyl (C=O) groups is 1. The highest BCUT2D eigenvalue weighted by Crippen LogP contribution is 2.41. The highest BCUT2D eigenvalue weighted by Gasteiger charge is 2.33. The van der Waals surface area contributed by atoms with Gasteiger partial charge in [-0.25, -0.2) is 0 Å². The van der Waals surface area contributed by atoms with E-state index in [0.717, 1.165) is 31.7 Å². The predicted molar refractivity (Wildman–Crippen MR) is 102 cm³/mol. The van der Waals surface area contributed by atoms with Gasteiger partial charge in [-0.3, -0.25) is 14.3 Å². The zero-order valence-electron chi connectivity index (χ0n) is 15.2. The molecule has 25 heavy (non-hydrogen) atoms. The minimum Gasteiger partial charge on any atom is -0.314 e. The van der Waals surface area contributed by atoms with Crippen molar-refractivity contribution < 1.29 is 4.79 Å². The number of carbonyl (C=O) groups excluding carboxylic acids is 1. The van der Waals surface area contributed by atoms with Crippen LogP contribution in [0.25, 0.3) is 10.9 Å². The lowest BCUT2D eigenvalue weighted by Crippen LogP contribution is -2.47. The van der Waals surface area contributed by atoms with Gasteiger partial charge >= 0.3 is 0 Å². The number of piperazine rings is 1. The number of nitrogens with one attached hydrogen (secondary N) is 1. The molecule has 4 heteroatoms. The van der Waals surface area contributed by atoms with E-state index in [9.17, 15) is 4.79 Å². The Hall–Kier alpha value is -1.65. The fourth-order valence-corrected chi connectivity index (χ4v) is 4.86. The highest BCUT2D eigenvalue weighted by atomic mass is 16.1. The van der Waals surface area contributed by atoms with Crippen LogP contribution < -0.4 is 5.32 Å². The van der Waals surface area contributed by atoms with Crippen LogP contribution in [-0.4, -0.2) is 41.6 Å². The number of fused-ring (bicyclic) bond motifs is 1. The lowest BCUT2D eigenvalue weighted by Gasteiger charge is -2.41. The molecular weight excluding hydrogens is 310 g/mol. The van der Waals surface area contributed by atoms with E-state index >= 15 is 0 Å². The summed E-state index contributed by atoms with van der Waals surface area (Å²) in [6.45, 7) is 5.99. The minimum absolute atomic E-state index is 0.102. The van der Waals surface area contributed by atoms with Crippen molar-refractivity contribution in [2.45, 2.75) is 45.1 Å². The second-order valence-corrected chi connectivity index (χ2v) is 7.62. The Bertz CT molecular complexity index is 721. The zero-order chi connectivity index (χ0) is 17.2. The van der Waals surface area contributed by atoms with Crippen LogP contribution in [0.2, 0.25) is 0 Å². The van der Waals surface area contributed by atoms with Crippen LogP contribution in [0, 0.1) is 5.92 Å². The van der Waals surface area contributed by atoms with Gasteiger partial charge in [-0.15, -0.1) is 0 Å². The summed E-state index contributed by atoms with van der Waals surface area (Å²) in [5, 5.41) is 4.74. The molecule has 0 unspecified atom stereocenters. The van der Waals surface area contributed by atoms with Gasteiger partial charge in [0.05, 0.1) is 5.52 Å². The van der Waals surface area contributed by atoms with E-state index in [4.69, 9.17) is 0 Å². The molecule has 2 aromatic rings. The van der Waals surface area contributed by atoms with Crippen molar-refractivity contribution in [1.82, 2.24) is 14.8 Å². The Balaban J connectivity index is 1.80. The molecule has 1 saturated carbocycles. The van der Waals surface area contributed by atoms with Crippen molar-refractivity contribution in [1.29, 1.82) is 0 Å². The fourth-order valence-electron chi connectivity index (χ4n) is 4.86. The molecule has 0 amide bonds. The van der Waals surface area contributed by atoms with Gasteiger partial charge in [0.25, 0.3) is 0 Å². The molecule has 1 saturated heterocycles. The number of hydrogen-bond donors (Lipinski definition) is 1. The largest absolute Gasteiger partial charge is 0.314 e. The summed E-state index contributed by atoms with van der Waals surface area (Å²) in [7, 11) is 0. The first kappa shape index (κ1) is 16.8. The van der Waals surface area contributed by atoms with E-state index in [1.807, 2.05) is 10.6 Å². The van der Waals surface area contributed by atoms with Gasteiger partial charge in [-0.05, 0) is 30.4 Å². The van der Waals surface area contributed by atoms with E-state index in [2.05, 4.69) is 34.6 Å². The quantitative estimate of drug-likeness (QED) is 0.923. The molecule has 4 nitrogen and oxygen atoms in total. The van der Waals surface area contributed by atoms with E-state index < -0.39 is 0 Å². The van der Waals surface area contributed by atoms with Crippen LogP contribution in [0.4, 0.5) is 0 Å². The maximum atomic E-state index is 12.2. The van der Waals surface area contributed by atoms with Crippen LogP contribution in [0.1, 0.15) is 55.4 Å². The molecule has 2 fully saturated rings. The van der Waals surface area contributed by atoms with Gasteiger partial charge in [0.1, 0.15) is 0 Å². The molecule has 2 aliphatic rings. The Labute approximate surface area is 150 Å². The molecular formula is C21H29N3O. The summed E-state index contributed by atoms with van der Waals surface area (Å²) >= 11 is 0. The number of hydrogen-bond acceptors (Lipinski definition) is 3. The van der Waals surface area contributed by atoms with E-state index in [0.29, 0.717) is 12.0 Å². The molecule has 134 valence electrons. The number of benzene rings is 1. The maximum Gasteiger partial charge on any atom is 0.227 e. The summed E-state index contributed by atoms with van der Waals surface area (Å²) in [4.78, 5) is 14.9. The third-order valence-corrected chi connectivity index (χ3v) is 6.04. The number of para-hydroxylation sites is 1.